The molecule has 218 valence electrons. The molecule has 2 fully saturated rings. The standard InChI is InChI=1S/C33H48N4O3/c1-5-17-36-18-10-15-33(36)16-19-37(32(33)40)25(4)31(39)35-29(21-26-11-7-6-8-12-26)30(38)23-34-22-27-13-9-14-28(20-27)24(2)3/h6-9,11-14,20,24-25,29-30,34,38H,5,10,15-19,21-23H2,1-4H3,(H,35,39)/t25-,29-,30-,33-/m0/s1. The molecule has 2 heterocycles. The molecule has 0 bridgehead atoms. The number of nitrogens with zero attached hydrogens (tertiary/aromatic N) is 2. The monoisotopic (exact) mass is 548 g/mol. The van der Waals surface area contributed by atoms with Crippen molar-refractivity contribution in [3.63, 3.8) is 0 Å². The highest BCUT2D eigenvalue weighted by Crippen LogP contribution is 2.39. The molecule has 1 spiro atoms. The molecule has 3 N–H and O–H groups in total. The maximum Gasteiger partial charge on any atom is 0.243 e. The van der Waals surface area contributed by atoms with Crippen LogP contribution in [0.5, 0.6) is 0 Å². The number of rotatable bonds is 13. The van der Waals surface area contributed by atoms with Crippen molar-refractivity contribution in [2.24, 2.45) is 0 Å². The van der Waals surface area contributed by atoms with Crippen LogP contribution in [0, 0.1) is 0 Å². The summed E-state index contributed by atoms with van der Waals surface area (Å²) in [5.74, 6) is 0.334. The number of carbonyl (C=O) groups is 2. The smallest absolute Gasteiger partial charge is 0.243 e. The highest BCUT2D eigenvalue weighted by molar-refractivity contribution is 5.94. The maximum atomic E-state index is 13.7. The van der Waals surface area contributed by atoms with E-state index in [0.717, 1.165) is 44.3 Å². The van der Waals surface area contributed by atoms with E-state index in [2.05, 4.69) is 60.6 Å². The average Bonchev–Trinajstić information content (AvgIpc) is 3.51. The van der Waals surface area contributed by atoms with E-state index in [4.69, 9.17) is 0 Å². The van der Waals surface area contributed by atoms with Crippen LogP contribution in [0.1, 0.15) is 76.0 Å². The van der Waals surface area contributed by atoms with E-state index in [-0.39, 0.29) is 11.8 Å². The number of nitrogens with one attached hydrogen (secondary N) is 2. The topological polar surface area (TPSA) is 84.9 Å². The van der Waals surface area contributed by atoms with Gasteiger partial charge in [0.2, 0.25) is 11.8 Å². The van der Waals surface area contributed by atoms with Crippen molar-refractivity contribution in [2.75, 3.05) is 26.2 Å². The molecule has 2 amide bonds. The second kappa shape index (κ2) is 13.7. The molecule has 2 aromatic carbocycles. The third-order valence-corrected chi connectivity index (χ3v) is 8.78. The third-order valence-electron chi connectivity index (χ3n) is 8.78. The van der Waals surface area contributed by atoms with Gasteiger partial charge in [0.1, 0.15) is 11.6 Å². The molecule has 2 aliphatic heterocycles. The van der Waals surface area contributed by atoms with E-state index in [1.165, 1.54) is 11.1 Å². The molecule has 0 radical (unpaired) electrons. The summed E-state index contributed by atoms with van der Waals surface area (Å²) in [5, 5.41) is 17.7. The Balaban J connectivity index is 1.40. The summed E-state index contributed by atoms with van der Waals surface area (Å²) in [6.45, 7) is 11.8. The number of hydrogen-bond donors (Lipinski definition) is 3. The predicted molar refractivity (Wildman–Crippen MR) is 160 cm³/mol. The maximum absolute atomic E-state index is 13.7. The minimum absolute atomic E-state index is 0.0894. The van der Waals surface area contributed by atoms with Crippen LogP contribution in [0.4, 0.5) is 0 Å². The number of likely N-dealkylation sites (tertiary alicyclic amines) is 2. The van der Waals surface area contributed by atoms with Gasteiger partial charge in [-0.25, -0.2) is 0 Å². The lowest BCUT2D eigenvalue weighted by Crippen LogP contribution is -2.56. The quantitative estimate of drug-likeness (QED) is 0.354. The highest BCUT2D eigenvalue weighted by atomic mass is 16.3. The van der Waals surface area contributed by atoms with Gasteiger partial charge in [0.05, 0.1) is 12.1 Å². The fourth-order valence-electron chi connectivity index (χ4n) is 6.37. The van der Waals surface area contributed by atoms with Gasteiger partial charge in [0.15, 0.2) is 0 Å². The molecule has 0 unspecified atom stereocenters. The van der Waals surface area contributed by atoms with Gasteiger partial charge in [-0.3, -0.25) is 14.5 Å². The van der Waals surface area contributed by atoms with Gasteiger partial charge >= 0.3 is 0 Å². The van der Waals surface area contributed by atoms with Crippen LogP contribution >= 0.6 is 0 Å². The summed E-state index contributed by atoms with van der Waals surface area (Å²) < 4.78 is 0. The zero-order valence-electron chi connectivity index (χ0n) is 24.7. The van der Waals surface area contributed by atoms with E-state index in [1.807, 2.05) is 37.3 Å². The Morgan fingerprint density at radius 2 is 1.77 bits per heavy atom. The molecule has 0 aliphatic carbocycles. The normalized spacial score (nSPS) is 21.8. The fourth-order valence-corrected chi connectivity index (χ4v) is 6.37. The SMILES string of the molecule is CCCN1CCC[C@@]12CCN([C@@H](C)C(=O)N[C@@H](Cc1ccccc1)[C@@H](O)CNCc1cccc(C(C)C)c1)C2=O. The number of benzene rings is 2. The lowest BCUT2D eigenvalue weighted by Gasteiger charge is -2.34. The van der Waals surface area contributed by atoms with E-state index in [1.54, 1.807) is 4.90 Å². The Morgan fingerprint density at radius 3 is 2.50 bits per heavy atom. The van der Waals surface area contributed by atoms with Gasteiger partial charge in [0, 0.05) is 19.6 Å². The molecular weight excluding hydrogens is 500 g/mol. The van der Waals surface area contributed by atoms with Gasteiger partial charge in [0.25, 0.3) is 0 Å². The minimum Gasteiger partial charge on any atom is -0.390 e. The number of aliphatic hydroxyl groups excluding tert-OH is 1. The van der Waals surface area contributed by atoms with Gasteiger partial charge < -0.3 is 20.6 Å². The summed E-state index contributed by atoms with van der Waals surface area (Å²) in [7, 11) is 0. The zero-order valence-corrected chi connectivity index (χ0v) is 24.7. The average molecular weight is 549 g/mol. The fraction of sp³-hybridized carbons (Fsp3) is 0.576. The van der Waals surface area contributed by atoms with Crippen LogP contribution < -0.4 is 10.6 Å². The molecule has 7 heteroatoms. The second-order valence-corrected chi connectivity index (χ2v) is 11.9. The van der Waals surface area contributed by atoms with Crippen molar-refractivity contribution < 1.29 is 14.7 Å². The molecule has 2 saturated heterocycles. The Bertz CT molecular complexity index is 1120. The van der Waals surface area contributed by atoms with E-state index in [0.29, 0.717) is 32.0 Å². The van der Waals surface area contributed by atoms with Crippen LogP contribution in [0.25, 0.3) is 0 Å². The molecule has 2 aromatic rings. The molecule has 0 aromatic heterocycles. The van der Waals surface area contributed by atoms with E-state index < -0.39 is 23.7 Å². The summed E-state index contributed by atoms with van der Waals surface area (Å²) >= 11 is 0. The molecule has 2 aliphatic rings. The first-order valence-electron chi connectivity index (χ1n) is 15.1. The van der Waals surface area contributed by atoms with Crippen molar-refractivity contribution in [3.05, 3.63) is 71.3 Å². The van der Waals surface area contributed by atoms with Crippen molar-refractivity contribution in [2.45, 2.75) is 96.0 Å². The first-order chi connectivity index (χ1) is 19.2. The number of aliphatic hydroxyl groups is 1. The van der Waals surface area contributed by atoms with Crippen LogP contribution in [0.15, 0.2) is 54.6 Å². The lowest BCUT2D eigenvalue weighted by atomic mass is 9.94. The number of hydrogen-bond acceptors (Lipinski definition) is 5. The molecule has 7 nitrogen and oxygen atoms in total. The van der Waals surface area contributed by atoms with E-state index >= 15 is 0 Å². The van der Waals surface area contributed by atoms with Crippen molar-refractivity contribution in [1.29, 1.82) is 0 Å². The van der Waals surface area contributed by atoms with Crippen molar-refractivity contribution in [3.8, 4) is 0 Å². The van der Waals surface area contributed by atoms with Gasteiger partial charge in [-0.1, -0.05) is 75.4 Å². The van der Waals surface area contributed by atoms with Crippen LogP contribution in [-0.2, 0) is 22.6 Å². The zero-order chi connectivity index (χ0) is 28.7. The molecule has 0 saturated carbocycles. The second-order valence-electron chi connectivity index (χ2n) is 11.9. The highest BCUT2D eigenvalue weighted by Gasteiger charge is 2.54. The lowest BCUT2D eigenvalue weighted by molar-refractivity contribution is -0.143. The summed E-state index contributed by atoms with van der Waals surface area (Å²) in [6.07, 6.45) is 3.41. The first-order valence-corrected chi connectivity index (χ1v) is 15.1. The Hall–Kier alpha value is -2.74. The first kappa shape index (κ1) is 30.2. The van der Waals surface area contributed by atoms with Gasteiger partial charge in [-0.15, -0.1) is 0 Å². The molecule has 40 heavy (non-hydrogen) atoms. The Labute approximate surface area is 240 Å². The predicted octanol–water partition coefficient (Wildman–Crippen LogP) is 3.85. The number of amides is 2. The van der Waals surface area contributed by atoms with Gasteiger partial charge in [-0.05, 0) is 74.7 Å². The van der Waals surface area contributed by atoms with Gasteiger partial charge in [-0.2, -0.15) is 0 Å². The summed E-state index contributed by atoms with van der Waals surface area (Å²) in [4.78, 5) is 31.3. The number of carbonyl (C=O) groups excluding carboxylic acids is 2. The molecular formula is C33H48N4O3. The van der Waals surface area contributed by atoms with E-state index in [9.17, 15) is 14.7 Å². The van der Waals surface area contributed by atoms with Crippen LogP contribution in [0.3, 0.4) is 0 Å². The molecule has 4 rings (SSSR count). The van der Waals surface area contributed by atoms with Crippen LogP contribution in [-0.4, -0.2) is 76.6 Å². The van der Waals surface area contributed by atoms with Crippen molar-refractivity contribution in [1.82, 2.24) is 20.4 Å². The third kappa shape index (κ3) is 6.93. The molecule has 4 atom stereocenters. The van der Waals surface area contributed by atoms with Crippen LogP contribution in [0.2, 0.25) is 0 Å². The minimum atomic E-state index is -0.792. The largest absolute Gasteiger partial charge is 0.390 e. The summed E-state index contributed by atoms with van der Waals surface area (Å²) in [6, 6.07) is 17.3. The summed E-state index contributed by atoms with van der Waals surface area (Å²) in [5.41, 5.74) is 3.06. The van der Waals surface area contributed by atoms with Crippen molar-refractivity contribution >= 4 is 11.8 Å². The Kier molecular flexibility index (Phi) is 10.4. The Morgan fingerprint density at radius 1 is 1.02 bits per heavy atom.